The molecule has 0 aromatic carbocycles. The molecule has 2 nitrogen and oxygen atoms in total. The molecule has 0 aromatic rings. The topological polar surface area (TPSA) is 26.3 Å². The molecule has 78 valence electrons. The average Bonchev–Trinajstić information content (AvgIpc) is 2.84. The lowest BCUT2D eigenvalue weighted by Crippen LogP contribution is -2.35. The highest BCUT2D eigenvalue weighted by Gasteiger charge is 2.70. The predicted molar refractivity (Wildman–Crippen MR) is 52.6 cm³/mol. The van der Waals surface area contributed by atoms with Gasteiger partial charge in [0.15, 0.2) is 0 Å². The summed E-state index contributed by atoms with van der Waals surface area (Å²) in [5.74, 6) is 1.50. The molecule has 3 aliphatic rings. The van der Waals surface area contributed by atoms with E-state index in [1.165, 1.54) is 32.8 Å². The van der Waals surface area contributed by atoms with E-state index in [1.807, 2.05) is 0 Å². The van der Waals surface area contributed by atoms with Crippen LogP contribution in [0.5, 0.6) is 0 Å². The van der Waals surface area contributed by atoms with Crippen molar-refractivity contribution >= 4 is 5.97 Å². The van der Waals surface area contributed by atoms with Crippen molar-refractivity contribution in [3.05, 3.63) is 0 Å². The summed E-state index contributed by atoms with van der Waals surface area (Å²) in [6.07, 6.45) is 6.45. The summed E-state index contributed by atoms with van der Waals surface area (Å²) in [5, 5.41) is 0. The van der Waals surface area contributed by atoms with E-state index in [-0.39, 0.29) is 11.4 Å². The number of ether oxygens (including phenoxy) is 1. The standard InChI is InChI=1S/C12H18O2/c1-11(10(13)14-2)7-8-3-4-9(11)12(8)5-6-12/h8-9H,3-7H2,1-2H3/t8-,9+,11+/m1/s1. The van der Waals surface area contributed by atoms with Crippen LogP contribution < -0.4 is 0 Å². The van der Waals surface area contributed by atoms with Gasteiger partial charge in [-0.15, -0.1) is 0 Å². The smallest absolute Gasteiger partial charge is 0.311 e. The van der Waals surface area contributed by atoms with Gasteiger partial charge >= 0.3 is 5.97 Å². The largest absolute Gasteiger partial charge is 0.469 e. The summed E-state index contributed by atoms with van der Waals surface area (Å²) in [6, 6.07) is 0. The fourth-order valence-electron chi connectivity index (χ4n) is 4.50. The fourth-order valence-corrected chi connectivity index (χ4v) is 4.50. The second kappa shape index (κ2) is 2.34. The molecule has 3 aliphatic carbocycles. The average molecular weight is 194 g/mol. The molecule has 3 saturated carbocycles. The van der Waals surface area contributed by atoms with Crippen LogP contribution in [0, 0.1) is 22.7 Å². The number of methoxy groups -OCH3 is 1. The Kier molecular flexibility index (Phi) is 1.46. The molecule has 0 heterocycles. The van der Waals surface area contributed by atoms with Crippen molar-refractivity contribution in [2.75, 3.05) is 7.11 Å². The molecular formula is C12H18O2. The lowest BCUT2D eigenvalue weighted by Gasteiger charge is -2.31. The predicted octanol–water partition coefficient (Wildman–Crippen LogP) is 2.38. The molecule has 0 saturated heterocycles. The van der Waals surface area contributed by atoms with Crippen molar-refractivity contribution in [2.45, 2.75) is 39.0 Å². The maximum absolute atomic E-state index is 11.8. The second-order valence-electron chi connectivity index (χ2n) is 5.67. The zero-order chi connectivity index (χ0) is 9.97. The number of hydrogen-bond acceptors (Lipinski definition) is 2. The first kappa shape index (κ1) is 8.75. The summed E-state index contributed by atoms with van der Waals surface area (Å²) in [6.45, 7) is 2.13. The molecule has 0 aliphatic heterocycles. The van der Waals surface area contributed by atoms with Crippen molar-refractivity contribution in [2.24, 2.45) is 22.7 Å². The van der Waals surface area contributed by atoms with Crippen LogP contribution in [0.15, 0.2) is 0 Å². The number of rotatable bonds is 1. The summed E-state index contributed by atoms with van der Waals surface area (Å²) >= 11 is 0. The molecule has 3 atom stereocenters. The van der Waals surface area contributed by atoms with Crippen LogP contribution >= 0.6 is 0 Å². The number of carbonyl (C=O) groups excluding carboxylic acids is 1. The third-order valence-corrected chi connectivity index (χ3v) is 5.23. The summed E-state index contributed by atoms with van der Waals surface area (Å²) < 4.78 is 4.97. The SMILES string of the molecule is COC(=O)[C@@]1(C)C[C@H]2CC[C@@H]1C21CC1. The van der Waals surface area contributed by atoms with E-state index in [0.717, 1.165) is 12.3 Å². The highest BCUT2D eigenvalue weighted by Crippen LogP contribution is 2.76. The highest BCUT2D eigenvalue weighted by molar-refractivity contribution is 5.78. The zero-order valence-corrected chi connectivity index (χ0v) is 9.01. The van der Waals surface area contributed by atoms with Crippen molar-refractivity contribution < 1.29 is 9.53 Å². The van der Waals surface area contributed by atoms with Gasteiger partial charge < -0.3 is 4.74 Å². The quantitative estimate of drug-likeness (QED) is 0.599. The molecule has 0 unspecified atom stereocenters. The highest BCUT2D eigenvalue weighted by atomic mass is 16.5. The van der Waals surface area contributed by atoms with Crippen molar-refractivity contribution in [3.63, 3.8) is 0 Å². The molecule has 0 aromatic heterocycles. The van der Waals surface area contributed by atoms with E-state index < -0.39 is 0 Å². The van der Waals surface area contributed by atoms with Crippen LogP contribution in [0.2, 0.25) is 0 Å². The molecule has 1 spiro atoms. The van der Waals surface area contributed by atoms with Gasteiger partial charge in [-0.2, -0.15) is 0 Å². The Morgan fingerprint density at radius 2 is 2.07 bits per heavy atom. The molecule has 0 amide bonds. The third-order valence-electron chi connectivity index (χ3n) is 5.23. The summed E-state index contributed by atoms with van der Waals surface area (Å²) in [7, 11) is 1.53. The minimum Gasteiger partial charge on any atom is -0.469 e. The van der Waals surface area contributed by atoms with Crippen LogP contribution in [-0.2, 0) is 9.53 Å². The maximum Gasteiger partial charge on any atom is 0.311 e. The Morgan fingerprint density at radius 3 is 2.57 bits per heavy atom. The van der Waals surface area contributed by atoms with Gasteiger partial charge in [-0.1, -0.05) is 0 Å². The molecule has 14 heavy (non-hydrogen) atoms. The van der Waals surface area contributed by atoms with Crippen LogP contribution in [-0.4, -0.2) is 13.1 Å². The Balaban J connectivity index is 1.95. The summed E-state index contributed by atoms with van der Waals surface area (Å²) in [5.41, 5.74) is 0.442. The van der Waals surface area contributed by atoms with Gasteiger partial charge in [0.2, 0.25) is 0 Å². The Morgan fingerprint density at radius 1 is 1.36 bits per heavy atom. The molecule has 2 heteroatoms. The Labute approximate surface area is 85.0 Å². The number of hydrogen-bond donors (Lipinski definition) is 0. The molecule has 2 bridgehead atoms. The van der Waals surface area contributed by atoms with E-state index in [1.54, 1.807) is 0 Å². The van der Waals surface area contributed by atoms with Crippen molar-refractivity contribution in [1.29, 1.82) is 0 Å². The third kappa shape index (κ3) is 0.768. The van der Waals surface area contributed by atoms with E-state index in [4.69, 9.17) is 4.74 Å². The van der Waals surface area contributed by atoms with Crippen LogP contribution in [0.25, 0.3) is 0 Å². The van der Waals surface area contributed by atoms with Crippen molar-refractivity contribution in [1.82, 2.24) is 0 Å². The van der Waals surface area contributed by atoms with E-state index >= 15 is 0 Å². The molecule has 3 rings (SSSR count). The Hall–Kier alpha value is -0.530. The zero-order valence-electron chi connectivity index (χ0n) is 9.01. The minimum atomic E-state index is -0.145. The van der Waals surface area contributed by atoms with Gasteiger partial charge in [0, 0.05) is 0 Å². The lowest BCUT2D eigenvalue weighted by atomic mass is 9.73. The van der Waals surface area contributed by atoms with Gasteiger partial charge in [0.1, 0.15) is 0 Å². The van der Waals surface area contributed by atoms with Gasteiger partial charge in [-0.3, -0.25) is 4.79 Å². The first-order valence-corrected chi connectivity index (χ1v) is 5.72. The minimum absolute atomic E-state index is 0.0379. The maximum atomic E-state index is 11.8. The van der Waals surface area contributed by atoms with Gasteiger partial charge in [0.25, 0.3) is 0 Å². The lowest BCUT2D eigenvalue weighted by molar-refractivity contribution is -0.155. The van der Waals surface area contributed by atoms with Crippen LogP contribution in [0.3, 0.4) is 0 Å². The monoisotopic (exact) mass is 194 g/mol. The molecule has 3 fully saturated rings. The molecule has 0 N–H and O–H groups in total. The van der Waals surface area contributed by atoms with E-state index in [2.05, 4.69) is 6.92 Å². The van der Waals surface area contributed by atoms with Crippen LogP contribution in [0.1, 0.15) is 39.0 Å². The van der Waals surface area contributed by atoms with Crippen molar-refractivity contribution in [3.8, 4) is 0 Å². The molecule has 0 radical (unpaired) electrons. The Bertz CT molecular complexity index is 293. The van der Waals surface area contributed by atoms with E-state index in [0.29, 0.717) is 11.3 Å². The van der Waals surface area contributed by atoms with Gasteiger partial charge in [-0.05, 0) is 56.3 Å². The number of esters is 1. The first-order valence-electron chi connectivity index (χ1n) is 5.72. The summed E-state index contributed by atoms with van der Waals surface area (Å²) in [4.78, 5) is 11.8. The van der Waals surface area contributed by atoms with Gasteiger partial charge in [-0.25, -0.2) is 0 Å². The van der Waals surface area contributed by atoms with Crippen LogP contribution in [0.4, 0.5) is 0 Å². The second-order valence-corrected chi connectivity index (χ2v) is 5.67. The first-order chi connectivity index (χ1) is 6.63. The van der Waals surface area contributed by atoms with E-state index in [9.17, 15) is 4.79 Å². The van der Waals surface area contributed by atoms with Gasteiger partial charge in [0.05, 0.1) is 12.5 Å². The molecular weight excluding hydrogens is 176 g/mol. The fraction of sp³-hybridized carbons (Fsp3) is 0.917. The normalized spacial score (nSPS) is 47.0. The number of carbonyl (C=O) groups is 1.